The molecule has 18 heavy (non-hydrogen) atoms. The Morgan fingerprint density at radius 3 is 2.06 bits per heavy atom. The molecule has 0 aromatic rings. The highest BCUT2D eigenvalue weighted by Crippen LogP contribution is 2.38. The van der Waals surface area contributed by atoms with Crippen LogP contribution in [0.5, 0.6) is 0 Å². The molecule has 0 radical (unpaired) electrons. The molecule has 0 saturated carbocycles. The topological polar surface area (TPSA) is 24.5 Å². The molecular formula is C15H30N2O. The van der Waals surface area contributed by atoms with Crippen LogP contribution in [0.15, 0.2) is 0 Å². The summed E-state index contributed by atoms with van der Waals surface area (Å²) in [4.78, 5) is 0. The smallest absolute Gasteiger partial charge is 0.0800 e. The van der Waals surface area contributed by atoms with Gasteiger partial charge in [-0.1, -0.05) is 6.42 Å². The monoisotopic (exact) mass is 254 g/mol. The van der Waals surface area contributed by atoms with Crippen molar-refractivity contribution in [3.8, 4) is 0 Å². The van der Waals surface area contributed by atoms with Crippen molar-refractivity contribution in [1.82, 2.24) is 10.4 Å². The van der Waals surface area contributed by atoms with E-state index in [0.29, 0.717) is 18.1 Å². The highest BCUT2D eigenvalue weighted by Gasteiger charge is 2.47. The molecule has 0 aliphatic carbocycles. The van der Waals surface area contributed by atoms with Crippen LogP contribution in [0.25, 0.3) is 0 Å². The maximum absolute atomic E-state index is 6.17. The Bertz CT molecular complexity index is 291. The average molecular weight is 254 g/mol. The molecule has 3 heteroatoms. The van der Waals surface area contributed by atoms with Gasteiger partial charge in [0, 0.05) is 12.1 Å². The van der Waals surface area contributed by atoms with E-state index in [-0.39, 0.29) is 11.2 Å². The van der Waals surface area contributed by atoms with Gasteiger partial charge in [-0.2, -0.15) is 0 Å². The molecule has 0 aromatic heterocycles. The molecule has 0 aromatic carbocycles. The van der Waals surface area contributed by atoms with Gasteiger partial charge >= 0.3 is 0 Å². The summed E-state index contributed by atoms with van der Waals surface area (Å²) in [6.07, 6.45) is 5.04. The van der Waals surface area contributed by atoms with Crippen molar-refractivity contribution < 1.29 is 4.74 Å². The van der Waals surface area contributed by atoms with Gasteiger partial charge in [0.25, 0.3) is 0 Å². The SMILES string of the molecule is CC1CCCC(C)N1NC1CC(C)(C)OC1(C)C. The van der Waals surface area contributed by atoms with Gasteiger partial charge in [0.05, 0.1) is 17.2 Å². The minimum atomic E-state index is -0.0829. The molecule has 1 N–H and O–H groups in total. The van der Waals surface area contributed by atoms with Crippen molar-refractivity contribution in [3.63, 3.8) is 0 Å². The van der Waals surface area contributed by atoms with Gasteiger partial charge in [0.15, 0.2) is 0 Å². The van der Waals surface area contributed by atoms with Crippen molar-refractivity contribution in [1.29, 1.82) is 0 Å². The molecule has 3 atom stereocenters. The van der Waals surface area contributed by atoms with Crippen molar-refractivity contribution >= 4 is 0 Å². The highest BCUT2D eigenvalue weighted by atomic mass is 16.5. The summed E-state index contributed by atoms with van der Waals surface area (Å²) in [6, 6.07) is 1.68. The second-order valence-corrected chi connectivity index (χ2v) is 7.39. The zero-order valence-electron chi connectivity index (χ0n) is 12.9. The molecule has 0 bridgehead atoms. The zero-order valence-corrected chi connectivity index (χ0v) is 12.9. The highest BCUT2D eigenvalue weighted by molar-refractivity contribution is 4.99. The number of piperidine rings is 1. The lowest BCUT2D eigenvalue weighted by Crippen LogP contribution is -2.59. The Hall–Kier alpha value is -0.120. The molecule has 0 spiro atoms. The van der Waals surface area contributed by atoms with Crippen molar-refractivity contribution in [2.24, 2.45) is 0 Å². The summed E-state index contributed by atoms with van der Waals surface area (Å²) in [5.41, 5.74) is 3.68. The number of nitrogens with zero attached hydrogens (tertiary/aromatic N) is 1. The Morgan fingerprint density at radius 1 is 1.06 bits per heavy atom. The minimum absolute atomic E-state index is 0.0105. The summed E-state index contributed by atoms with van der Waals surface area (Å²) < 4.78 is 6.17. The Kier molecular flexibility index (Phi) is 3.79. The molecule has 106 valence electrons. The summed E-state index contributed by atoms with van der Waals surface area (Å²) >= 11 is 0. The third kappa shape index (κ3) is 2.89. The maximum Gasteiger partial charge on any atom is 0.0800 e. The third-order valence-corrected chi connectivity index (χ3v) is 4.57. The first-order valence-electron chi connectivity index (χ1n) is 7.46. The first-order valence-corrected chi connectivity index (χ1v) is 7.46. The summed E-state index contributed by atoms with van der Waals surface area (Å²) in [7, 11) is 0. The van der Waals surface area contributed by atoms with E-state index in [1.165, 1.54) is 19.3 Å². The van der Waals surface area contributed by atoms with Gasteiger partial charge in [-0.05, 0) is 60.8 Å². The predicted octanol–water partition coefficient (Wildman–Crippen LogP) is 3.10. The van der Waals surface area contributed by atoms with Crippen LogP contribution in [-0.4, -0.2) is 34.3 Å². The Morgan fingerprint density at radius 2 is 1.61 bits per heavy atom. The number of hydrazine groups is 1. The van der Waals surface area contributed by atoms with Gasteiger partial charge in [-0.15, -0.1) is 0 Å². The lowest BCUT2D eigenvalue weighted by atomic mass is 9.94. The van der Waals surface area contributed by atoms with Crippen LogP contribution in [-0.2, 0) is 4.74 Å². The zero-order chi connectivity index (χ0) is 13.6. The van der Waals surface area contributed by atoms with E-state index in [9.17, 15) is 0 Å². The van der Waals surface area contributed by atoms with Gasteiger partial charge in [-0.3, -0.25) is 0 Å². The van der Waals surface area contributed by atoms with Gasteiger partial charge < -0.3 is 4.74 Å². The predicted molar refractivity (Wildman–Crippen MR) is 75.4 cm³/mol. The normalized spacial score (nSPS) is 40.0. The minimum Gasteiger partial charge on any atom is -0.368 e. The van der Waals surface area contributed by atoms with E-state index in [2.05, 4.69) is 52.0 Å². The number of hydrogen-bond acceptors (Lipinski definition) is 3. The van der Waals surface area contributed by atoms with Gasteiger partial charge in [0.1, 0.15) is 0 Å². The van der Waals surface area contributed by atoms with Crippen LogP contribution in [0.3, 0.4) is 0 Å². The van der Waals surface area contributed by atoms with Crippen LogP contribution in [0.1, 0.15) is 67.2 Å². The van der Waals surface area contributed by atoms with E-state index < -0.39 is 0 Å². The second-order valence-electron chi connectivity index (χ2n) is 7.39. The average Bonchev–Trinajstić information content (AvgIpc) is 2.40. The molecule has 2 aliphatic rings. The quantitative estimate of drug-likeness (QED) is 0.819. The molecule has 2 rings (SSSR count). The molecule has 2 fully saturated rings. The largest absolute Gasteiger partial charge is 0.368 e. The number of ether oxygens (including phenoxy) is 1. The number of rotatable bonds is 2. The third-order valence-electron chi connectivity index (χ3n) is 4.57. The van der Waals surface area contributed by atoms with Gasteiger partial charge in [0.2, 0.25) is 0 Å². The van der Waals surface area contributed by atoms with E-state index in [1.807, 2.05) is 0 Å². The van der Waals surface area contributed by atoms with Gasteiger partial charge in [-0.25, -0.2) is 10.4 Å². The van der Waals surface area contributed by atoms with E-state index in [4.69, 9.17) is 4.74 Å². The lowest BCUT2D eigenvalue weighted by molar-refractivity contribution is -0.0804. The maximum atomic E-state index is 6.17. The Balaban J connectivity index is 2.04. The van der Waals surface area contributed by atoms with E-state index >= 15 is 0 Å². The summed E-state index contributed by atoms with van der Waals surface area (Å²) in [5, 5.41) is 2.47. The van der Waals surface area contributed by atoms with Crippen LogP contribution in [0.4, 0.5) is 0 Å². The number of hydrogen-bond donors (Lipinski definition) is 1. The standard InChI is InChI=1S/C15H30N2O/c1-11-8-7-9-12(2)17(11)16-13-10-14(3,4)18-15(13,5)6/h11-13,16H,7-10H2,1-6H3. The van der Waals surface area contributed by atoms with E-state index in [1.54, 1.807) is 0 Å². The van der Waals surface area contributed by atoms with Crippen LogP contribution in [0.2, 0.25) is 0 Å². The molecule has 2 saturated heterocycles. The number of nitrogens with one attached hydrogen (secondary N) is 1. The molecule has 3 nitrogen and oxygen atoms in total. The van der Waals surface area contributed by atoms with E-state index in [0.717, 1.165) is 6.42 Å². The molecule has 2 aliphatic heterocycles. The lowest BCUT2D eigenvalue weighted by Gasteiger charge is -2.42. The van der Waals surface area contributed by atoms with Crippen LogP contribution < -0.4 is 5.43 Å². The first kappa shape index (κ1) is 14.3. The van der Waals surface area contributed by atoms with Crippen molar-refractivity contribution in [3.05, 3.63) is 0 Å². The molecule has 2 heterocycles. The second kappa shape index (κ2) is 4.77. The molecular weight excluding hydrogens is 224 g/mol. The summed E-state index contributed by atoms with van der Waals surface area (Å²) in [6.45, 7) is 13.5. The summed E-state index contributed by atoms with van der Waals surface area (Å²) in [5.74, 6) is 0. The fraction of sp³-hybridized carbons (Fsp3) is 1.00. The van der Waals surface area contributed by atoms with Crippen LogP contribution in [0, 0.1) is 0 Å². The van der Waals surface area contributed by atoms with Crippen LogP contribution >= 0.6 is 0 Å². The van der Waals surface area contributed by atoms with Crippen molar-refractivity contribution in [2.45, 2.75) is 96.6 Å². The molecule has 0 amide bonds. The first-order chi connectivity index (χ1) is 8.21. The fourth-order valence-corrected chi connectivity index (χ4v) is 3.62. The fourth-order valence-electron chi connectivity index (χ4n) is 3.62. The van der Waals surface area contributed by atoms with Crippen molar-refractivity contribution in [2.75, 3.05) is 0 Å². The Labute approximate surface area is 112 Å². The molecule has 3 unspecified atom stereocenters.